The number of aromatic nitrogens is 3. The highest BCUT2D eigenvalue weighted by atomic mass is 16.5. The van der Waals surface area contributed by atoms with Crippen molar-refractivity contribution in [1.29, 1.82) is 0 Å². The molecule has 0 N–H and O–H groups in total. The molecule has 0 atom stereocenters. The van der Waals surface area contributed by atoms with Gasteiger partial charge in [-0.3, -0.25) is 4.79 Å². The topological polar surface area (TPSA) is 60.2 Å². The van der Waals surface area contributed by atoms with Crippen LogP contribution in [0.3, 0.4) is 0 Å². The van der Waals surface area contributed by atoms with E-state index < -0.39 is 0 Å². The molecule has 2 heterocycles. The van der Waals surface area contributed by atoms with Gasteiger partial charge in [-0.25, -0.2) is 4.68 Å². The lowest BCUT2D eigenvalue weighted by atomic mass is 10.1. The SMILES string of the molecule is COc1ccc(N2Cc3cnnn3-c3ccccc3C2=O)cc1. The highest BCUT2D eigenvalue weighted by Crippen LogP contribution is 2.28. The van der Waals surface area contributed by atoms with E-state index in [4.69, 9.17) is 4.74 Å². The molecule has 1 amide bonds. The zero-order valence-corrected chi connectivity index (χ0v) is 12.5. The molecule has 0 saturated carbocycles. The fraction of sp³-hybridized carbons (Fsp3) is 0.118. The van der Waals surface area contributed by atoms with Gasteiger partial charge in [-0.15, -0.1) is 5.10 Å². The van der Waals surface area contributed by atoms with Crippen LogP contribution in [0.5, 0.6) is 5.75 Å². The van der Waals surface area contributed by atoms with Gasteiger partial charge in [-0.2, -0.15) is 0 Å². The number of anilines is 1. The Balaban J connectivity index is 1.85. The van der Waals surface area contributed by atoms with Crippen molar-refractivity contribution in [1.82, 2.24) is 15.0 Å². The van der Waals surface area contributed by atoms with E-state index in [0.29, 0.717) is 12.1 Å². The number of carbonyl (C=O) groups excluding carboxylic acids is 1. The van der Waals surface area contributed by atoms with E-state index in [1.807, 2.05) is 48.5 Å². The Morgan fingerprint density at radius 3 is 2.65 bits per heavy atom. The van der Waals surface area contributed by atoms with Crippen LogP contribution < -0.4 is 9.64 Å². The maximum absolute atomic E-state index is 13.0. The molecule has 0 saturated heterocycles. The Morgan fingerprint density at radius 2 is 1.87 bits per heavy atom. The number of hydrogen-bond acceptors (Lipinski definition) is 4. The lowest BCUT2D eigenvalue weighted by molar-refractivity contribution is 0.0986. The molecule has 23 heavy (non-hydrogen) atoms. The molecule has 2 aromatic carbocycles. The molecule has 1 aromatic heterocycles. The molecule has 0 spiro atoms. The van der Waals surface area contributed by atoms with E-state index in [0.717, 1.165) is 22.8 Å². The molecule has 114 valence electrons. The highest BCUT2D eigenvalue weighted by molar-refractivity contribution is 6.08. The average Bonchev–Trinajstić information content (AvgIpc) is 3.03. The van der Waals surface area contributed by atoms with Gasteiger partial charge < -0.3 is 9.64 Å². The first-order chi connectivity index (χ1) is 11.3. The number of nitrogens with zero attached hydrogens (tertiary/aromatic N) is 4. The fourth-order valence-corrected chi connectivity index (χ4v) is 2.76. The summed E-state index contributed by atoms with van der Waals surface area (Å²) < 4.78 is 6.90. The first-order valence-corrected chi connectivity index (χ1v) is 7.23. The van der Waals surface area contributed by atoms with Crippen molar-refractivity contribution in [3.63, 3.8) is 0 Å². The van der Waals surface area contributed by atoms with Crippen molar-refractivity contribution in [2.75, 3.05) is 12.0 Å². The van der Waals surface area contributed by atoms with Gasteiger partial charge in [-0.05, 0) is 36.4 Å². The minimum Gasteiger partial charge on any atom is -0.497 e. The van der Waals surface area contributed by atoms with Gasteiger partial charge >= 0.3 is 0 Å². The summed E-state index contributed by atoms with van der Waals surface area (Å²) >= 11 is 0. The van der Waals surface area contributed by atoms with Crippen LogP contribution in [0.15, 0.2) is 54.7 Å². The predicted molar refractivity (Wildman–Crippen MR) is 84.9 cm³/mol. The van der Waals surface area contributed by atoms with Crippen LogP contribution in [0.4, 0.5) is 5.69 Å². The molecule has 4 rings (SSSR count). The zero-order valence-electron chi connectivity index (χ0n) is 12.5. The van der Waals surface area contributed by atoms with Crippen molar-refractivity contribution in [2.24, 2.45) is 0 Å². The van der Waals surface area contributed by atoms with Gasteiger partial charge in [0.1, 0.15) is 5.75 Å². The van der Waals surface area contributed by atoms with Gasteiger partial charge in [0.15, 0.2) is 0 Å². The second-order valence-corrected chi connectivity index (χ2v) is 5.24. The molecule has 3 aromatic rings. The summed E-state index contributed by atoms with van der Waals surface area (Å²) in [6, 6.07) is 14.9. The van der Waals surface area contributed by atoms with Gasteiger partial charge in [0, 0.05) is 5.69 Å². The minimum absolute atomic E-state index is 0.0590. The van der Waals surface area contributed by atoms with Crippen LogP contribution in [0, 0.1) is 0 Å². The Kier molecular flexibility index (Phi) is 3.08. The monoisotopic (exact) mass is 306 g/mol. The van der Waals surface area contributed by atoms with Crippen LogP contribution in [-0.2, 0) is 6.54 Å². The number of benzene rings is 2. The summed E-state index contributed by atoms with van der Waals surface area (Å²) in [6.07, 6.45) is 1.69. The number of ether oxygens (including phenoxy) is 1. The van der Waals surface area contributed by atoms with Crippen LogP contribution in [0.25, 0.3) is 5.69 Å². The Morgan fingerprint density at radius 1 is 1.09 bits per heavy atom. The van der Waals surface area contributed by atoms with Crippen molar-refractivity contribution >= 4 is 11.6 Å². The second kappa shape index (κ2) is 5.24. The molecular formula is C17H14N4O2. The van der Waals surface area contributed by atoms with Crippen LogP contribution >= 0.6 is 0 Å². The first kappa shape index (κ1) is 13.5. The predicted octanol–water partition coefficient (Wildman–Crippen LogP) is 2.44. The van der Waals surface area contributed by atoms with Crippen LogP contribution in [-0.4, -0.2) is 28.0 Å². The smallest absolute Gasteiger partial charge is 0.260 e. The standard InChI is InChI=1S/C17H14N4O2/c1-23-14-8-6-12(7-9-14)20-11-13-10-18-19-21(13)16-5-3-2-4-15(16)17(20)22/h2-10H,11H2,1H3. The van der Waals surface area contributed by atoms with E-state index in [1.165, 1.54) is 0 Å². The Bertz CT molecular complexity index is 870. The molecule has 0 unspecified atom stereocenters. The summed E-state index contributed by atoms with van der Waals surface area (Å²) in [6.45, 7) is 0.410. The van der Waals surface area contributed by atoms with Crippen molar-refractivity contribution in [3.05, 3.63) is 66.0 Å². The normalized spacial score (nSPS) is 13.3. The summed E-state index contributed by atoms with van der Waals surface area (Å²) in [5, 5.41) is 8.10. The molecule has 0 radical (unpaired) electrons. The Hall–Kier alpha value is -3.15. The summed E-state index contributed by atoms with van der Waals surface area (Å²) in [7, 11) is 1.62. The average molecular weight is 306 g/mol. The largest absolute Gasteiger partial charge is 0.497 e. The van der Waals surface area contributed by atoms with Gasteiger partial charge in [0.05, 0.1) is 36.8 Å². The lowest BCUT2D eigenvalue weighted by Crippen LogP contribution is -2.29. The lowest BCUT2D eigenvalue weighted by Gasteiger charge is -2.20. The van der Waals surface area contributed by atoms with Gasteiger partial charge in [0.25, 0.3) is 5.91 Å². The van der Waals surface area contributed by atoms with Crippen molar-refractivity contribution < 1.29 is 9.53 Å². The molecule has 0 fully saturated rings. The third kappa shape index (κ3) is 2.15. The van der Waals surface area contributed by atoms with Crippen LogP contribution in [0.1, 0.15) is 16.1 Å². The maximum Gasteiger partial charge on any atom is 0.260 e. The van der Waals surface area contributed by atoms with Crippen molar-refractivity contribution in [3.8, 4) is 11.4 Å². The fourth-order valence-electron chi connectivity index (χ4n) is 2.76. The number of amides is 1. The van der Waals surface area contributed by atoms with E-state index >= 15 is 0 Å². The van der Waals surface area contributed by atoms with E-state index in [1.54, 1.807) is 22.9 Å². The molecule has 6 nitrogen and oxygen atoms in total. The first-order valence-electron chi connectivity index (χ1n) is 7.23. The van der Waals surface area contributed by atoms with Gasteiger partial charge in [0.2, 0.25) is 0 Å². The molecule has 6 heteroatoms. The minimum atomic E-state index is -0.0590. The summed E-state index contributed by atoms with van der Waals surface area (Å²) in [5.74, 6) is 0.694. The highest BCUT2D eigenvalue weighted by Gasteiger charge is 2.27. The summed E-state index contributed by atoms with van der Waals surface area (Å²) in [4.78, 5) is 14.7. The van der Waals surface area contributed by atoms with E-state index in [2.05, 4.69) is 10.3 Å². The zero-order chi connectivity index (χ0) is 15.8. The van der Waals surface area contributed by atoms with Gasteiger partial charge in [-0.1, -0.05) is 17.3 Å². The molecule has 1 aliphatic heterocycles. The van der Waals surface area contributed by atoms with Crippen LogP contribution in [0.2, 0.25) is 0 Å². The maximum atomic E-state index is 13.0. The van der Waals surface area contributed by atoms with E-state index in [-0.39, 0.29) is 5.91 Å². The van der Waals surface area contributed by atoms with Crippen molar-refractivity contribution in [2.45, 2.75) is 6.54 Å². The number of carbonyl (C=O) groups is 1. The summed E-state index contributed by atoms with van der Waals surface area (Å²) in [5.41, 5.74) is 3.02. The molecule has 0 bridgehead atoms. The quantitative estimate of drug-likeness (QED) is 0.729. The Labute approximate surface area is 132 Å². The third-order valence-electron chi connectivity index (χ3n) is 3.93. The van der Waals surface area contributed by atoms with E-state index in [9.17, 15) is 4.79 Å². The molecule has 1 aliphatic rings. The molecule has 0 aliphatic carbocycles. The number of rotatable bonds is 2. The second-order valence-electron chi connectivity index (χ2n) is 5.24. The number of methoxy groups -OCH3 is 1. The third-order valence-corrected chi connectivity index (χ3v) is 3.93. The number of para-hydroxylation sites is 1. The number of fused-ring (bicyclic) bond motifs is 3. The molecular weight excluding hydrogens is 292 g/mol. The number of hydrogen-bond donors (Lipinski definition) is 0.